The minimum absolute atomic E-state index is 0.0356. The third-order valence-corrected chi connectivity index (χ3v) is 3.69. The molecule has 0 unspecified atom stereocenters. The van der Waals surface area contributed by atoms with Crippen LogP contribution in [0.25, 0.3) is 0 Å². The van der Waals surface area contributed by atoms with Gasteiger partial charge in [-0.3, -0.25) is 4.79 Å². The number of allylic oxidation sites excluding steroid dienone is 1. The first-order valence-corrected chi connectivity index (χ1v) is 5.69. The third-order valence-electron chi connectivity index (χ3n) is 3.69. The van der Waals surface area contributed by atoms with Crippen LogP contribution in [0, 0.1) is 5.41 Å². The van der Waals surface area contributed by atoms with Crippen LogP contribution in [0.2, 0.25) is 0 Å². The van der Waals surface area contributed by atoms with E-state index in [0.29, 0.717) is 5.91 Å². The fraction of sp³-hybridized carbons (Fsp3) is 0.750. The van der Waals surface area contributed by atoms with Crippen molar-refractivity contribution in [2.75, 3.05) is 13.1 Å². The summed E-state index contributed by atoms with van der Waals surface area (Å²) in [7, 11) is 0. The van der Waals surface area contributed by atoms with Gasteiger partial charge in [-0.15, -0.1) is 6.58 Å². The van der Waals surface area contributed by atoms with Gasteiger partial charge in [0.15, 0.2) is 0 Å². The maximum absolute atomic E-state index is 12.2. The van der Waals surface area contributed by atoms with Crippen molar-refractivity contribution in [1.29, 1.82) is 0 Å². The SMILES string of the molecule is C=CCC1(C(=O)N2CCCC2)CCC1. The van der Waals surface area contributed by atoms with Crippen molar-refractivity contribution >= 4 is 5.91 Å². The lowest BCUT2D eigenvalue weighted by atomic mass is 9.65. The van der Waals surface area contributed by atoms with Crippen LogP contribution in [-0.2, 0) is 4.79 Å². The van der Waals surface area contributed by atoms with E-state index in [1.54, 1.807) is 0 Å². The van der Waals surface area contributed by atoms with Crippen molar-refractivity contribution in [2.45, 2.75) is 38.5 Å². The highest BCUT2D eigenvalue weighted by atomic mass is 16.2. The van der Waals surface area contributed by atoms with Gasteiger partial charge in [0.05, 0.1) is 5.41 Å². The van der Waals surface area contributed by atoms with Gasteiger partial charge in [-0.05, 0) is 32.1 Å². The molecule has 1 aliphatic carbocycles. The molecule has 14 heavy (non-hydrogen) atoms. The zero-order valence-corrected chi connectivity index (χ0v) is 8.80. The zero-order valence-electron chi connectivity index (χ0n) is 8.80. The molecule has 2 rings (SSSR count). The van der Waals surface area contributed by atoms with Gasteiger partial charge < -0.3 is 4.90 Å². The molecule has 2 aliphatic rings. The Bertz CT molecular complexity index is 237. The predicted octanol–water partition coefficient (Wildman–Crippen LogP) is 2.36. The molecule has 2 fully saturated rings. The average molecular weight is 193 g/mol. The first-order chi connectivity index (χ1) is 6.78. The molecule has 1 heterocycles. The number of rotatable bonds is 3. The summed E-state index contributed by atoms with van der Waals surface area (Å²) in [6.45, 7) is 5.73. The number of carbonyl (C=O) groups is 1. The van der Waals surface area contributed by atoms with E-state index in [1.807, 2.05) is 6.08 Å². The van der Waals surface area contributed by atoms with E-state index < -0.39 is 0 Å². The summed E-state index contributed by atoms with van der Waals surface area (Å²) in [6, 6.07) is 0. The minimum atomic E-state index is -0.0356. The van der Waals surface area contributed by atoms with Crippen molar-refractivity contribution in [3.05, 3.63) is 12.7 Å². The Morgan fingerprint density at radius 2 is 1.93 bits per heavy atom. The van der Waals surface area contributed by atoms with Crippen molar-refractivity contribution in [1.82, 2.24) is 4.90 Å². The van der Waals surface area contributed by atoms with Gasteiger partial charge in [0.25, 0.3) is 0 Å². The Labute approximate surface area is 86.0 Å². The quantitative estimate of drug-likeness (QED) is 0.630. The smallest absolute Gasteiger partial charge is 0.229 e. The van der Waals surface area contributed by atoms with E-state index in [1.165, 1.54) is 19.3 Å². The van der Waals surface area contributed by atoms with Crippen molar-refractivity contribution in [3.8, 4) is 0 Å². The number of carbonyl (C=O) groups excluding carboxylic acids is 1. The van der Waals surface area contributed by atoms with E-state index in [0.717, 1.165) is 32.4 Å². The first kappa shape index (κ1) is 9.75. The molecule has 1 saturated heterocycles. The Balaban J connectivity index is 2.03. The highest BCUT2D eigenvalue weighted by molar-refractivity contribution is 5.84. The normalized spacial score (nSPS) is 24.4. The molecule has 78 valence electrons. The lowest BCUT2D eigenvalue weighted by molar-refractivity contribution is -0.146. The predicted molar refractivity (Wildman–Crippen MR) is 56.9 cm³/mol. The number of hydrogen-bond donors (Lipinski definition) is 0. The lowest BCUT2D eigenvalue weighted by Crippen LogP contribution is -2.46. The average Bonchev–Trinajstić information content (AvgIpc) is 2.62. The summed E-state index contributed by atoms with van der Waals surface area (Å²) < 4.78 is 0. The van der Waals surface area contributed by atoms with E-state index in [9.17, 15) is 4.79 Å². The molecule has 1 saturated carbocycles. The van der Waals surface area contributed by atoms with Gasteiger partial charge >= 0.3 is 0 Å². The van der Waals surface area contributed by atoms with Crippen molar-refractivity contribution in [2.24, 2.45) is 5.41 Å². The van der Waals surface area contributed by atoms with E-state index >= 15 is 0 Å². The standard InChI is InChI=1S/C12H19NO/c1-2-6-12(7-5-8-12)11(14)13-9-3-4-10-13/h2H,1,3-10H2. The molecule has 0 aromatic rings. The van der Waals surface area contributed by atoms with Gasteiger partial charge in [0.2, 0.25) is 5.91 Å². The van der Waals surface area contributed by atoms with Crippen LogP contribution in [0.15, 0.2) is 12.7 Å². The van der Waals surface area contributed by atoms with Crippen molar-refractivity contribution < 1.29 is 4.79 Å². The second kappa shape index (κ2) is 3.76. The number of amides is 1. The van der Waals surface area contributed by atoms with Gasteiger partial charge in [-0.25, -0.2) is 0 Å². The molecule has 0 bridgehead atoms. The Morgan fingerprint density at radius 3 is 2.36 bits per heavy atom. The topological polar surface area (TPSA) is 20.3 Å². The molecule has 0 aromatic carbocycles. The van der Waals surface area contributed by atoms with Gasteiger partial charge in [-0.2, -0.15) is 0 Å². The van der Waals surface area contributed by atoms with E-state index in [4.69, 9.17) is 0 Å². The van der Waals surface area contributed by atoms with Crippen LogP contribution in [0.5, 0.6) is 0 Å². The molecule has 2 nitrogen and oxygen atoms in total. The monoisotopic (exact) mass is 193 g/mol. The number of nitrogens with zero attached hydrogens (tertiary/aromatic N) is 1. The lowest BCUT2D eigenvalue weighted by Gasteiger charge is -2.42. The molecular weight excluding hydrogens is 174 g/mol. The van der Waals surface area contributed by atoms with Gasteiger partial charge in [-0.1, -0.05) is 12.5 Å². The third kappa shape index (κ3) is 1.47. The molecule has 0 aromatic heterocycles. The molecule has 2 heteroatoms. The minimum Gasteiger partial charge on any atom is -0.342 e. The fourth-order valence-electron chi connectivity index (χ4n) is 2.64. The van der Waals surface area contributed by atoms with Crippen LogP contribution in [-0.4, -0.2) is 23.9 Å². The Kier molecular flexibility index (Phi) is 2.62. The van der Waals surface area contributed by atoms with Gasteiger partial charge in [0.1, 0.15) is 0 Å². The molecule has 0 atom stereocenters. The Hall–Kier alpha value is -0.790. The largest absolute Gasteiger partial charge is 0.342 e. The van der Waals surface area contributed by atoms with E-state index in [-0.39, 0.29) is 5.41 Å². The second-order valence-electron chi connectivity index (χ2n) is 4.63. The molecule has 1 aliphatic heterocycles. The maximum atomic E-state index is 12.2. The summed E-state index contributed by atoms with van der Waals surface area (Å²) in [5, 5.41) is 0. The summed E-state index contributed by atoms with van der Waals surface area (Å²) in [5.74, 6) is 0.404. The molecule has 0 N–H and O–H groups in total. The molecule has 0 spiro atoms. The molecule has 1 amide bonds. The second-order valence-corrected chi connectivity index (χ2v) is 4.63. The van der Waals surface area contributed by atoms with Crippen LogP contribution < -0.4 is 0 Å². The number of likely N-dealkylation sites (tertiary alicyclic amines) is 1. The van der Waals surface area contributed by atoms with E-state index in [2.05, 4.69) is 11.5 Å². The van der Waals surface area contributed by atoms with Crippen LogP contribution in [0.3, 0.4) is 0 Å². The summed E-state index contributed by atoms with van der Waals surface area (Å²) >= 11 is 0. The molecular formula is C12H19NO. The highest BCUT2D eigenvalue weighted by Crippen LogP contribution is 2.46. The zero-order chi connectivity index (χ0) is 10.0. The number of hydrogen-bond acceptors (Lipinski definition) is 1. The maximum Gasteiger partial charge on any atom is 0.229 e. The van der Waals surface area contributed by atoms with Crippen molar-refractivity contribution in [3.63, 3.8) is 0 Å². The van der Waals surface area contributed by atoms with Crippen LogP contribution in [0.4, 0.5) is 0 Å². The first-order valence-electron chi connectivity index (χ1n) is 5.69. The summed E-state index contributed by atoms with van der Waals surface area (Å²) in [4.78, 5) is 14.3. The van der Waals surface area contributed by atoms with Crippen LogP contribution >= 0.6 is 0 Å². The molecule has 0 radical (unpaired) electrons. The van der Waals surface area contributed by atoms with Crippen LogP contribution in [0.1, 0.15) is 38.5 Å². The summed E-state index contributed by atoms with van der Waals surface area (Å²) in [5.41, 5.74) is -0.0356. The summed E-state index contributed by atoms with van der Waals surface area (Å²) in [6.07, 6.45) is 8.54. The Morgan fingerprint density at radius 1 is 1.29 bits per heavy atom. The highest BCUT2D eigenvalue weighted by Gasteiger charge is 2.45. The fourth-order valence-corrected chi connectivity index (χ4v) is 2.64. The van der Waals surface area contributed by atoms with Gasteiger partial charge in [0, 0.05) is 13.1 Å².